The van der Waals surface area contributed by atoms with Gasteiger partial charge in [0.05, 0.1) is 7.11 Å². The standard InChI is InChI=1S/C15H13FN4O/c1-10-5-15(20-8-18-19-9-20)17-7-13(10)12-6-11(21-2)3-4-14(12)16/h3-9H,1-2H3. The number of pyridine rings is 1. The van der Waals surface area contributed by atoms with Crippen LogP contribution in [-0.2, 0) is 0 Å². The van der Waals surface area contributed by atoms with Crippen LogP contribution in [0.3, 0.4) is 0 Å². The van der Waals surface area contributed by atoms with Crippen molar-refractivity contribution in [3.8, 4) is 22.7 Å². The number of rotatable bonds is 3. The lowest BCUT2D eigenvalue weighted by atomic mass is 10.0. The van der Waals surface area contributed by atoms with Crippen LogP contribution >= 0.6 is 0 Å². The first-order chi connectivity index (χ1) is 10.2. The van der Waals surface area contributed by atoms with Crippen LogP contribution < -0.4 is 4.74 Å². The average Bonchev–Trinajstić information content (AvgIpc) is 3.02. The van der Waals surface area contributed by atoms with Crippen molar-refractivity contribution < 1.29 is 9.13 Å². The first-order valence-corrected chi connectivity index (χ1v) is 6.34. The minimum Gasteiger partial charge on any atom is -0.497 e. The van der Waals surface area contributed by atoms with E-state index >= 15 is 0 Å². The van der Waals surface area contributed by atoms with E-state index in [4.69, 9.17) is 4.74 Å². The molecule has 0 spiro atoms. The highest BCUT2D eigenvalue weighted by Crippen LogP contribution is 2.29. The number of aryl methyl sites for hydroxylation is 1. The maximum absolute atomic E-state index is 14.0. The van der Waals surface area contributed by atoms with Gasteiger partial charge in [-0.25, -0.2) is 9.37 Å². The number of ether oxygens (including phenoxy) is 1. The number of hydrogen-bond donors (Lipinski definition) is 0. The van der Waals surface area contributed by atoms with Gasteiger partial charge in [0.15, 0.2) is 0 Å². The average molecular weight is 284 g/mol. The summed E-state index contributed by atoms with van der Waals surface area (Å²) in [5, 5.41) is 7.48. The molecular weight excluding hydrogens is 271 g/mol. The van der Waals surface area contributed by atoms with Gasteiger partial charge in [-0.15, -0.1) is 10.2 Å². The molecule has 0 saturated carbocycles. The molecule has 0 bridgehead atoms. The molecule has 0 aliphatic rings. The third kappa shape index (κ3) is 2.47. The molecule has 0 aliphatic heterocycles. The van der Waals surface area contributed by atoms with Crippen LogP contribution in [0, 0.1) is 12.7 Å². The molecule has 2 aromatic heterocycles. The summed E-state index contributed by atoms with van der Waals surface area (Å²) in [5.74, 6) is 0.982. The third-order valence-electron chi connectivity index (χ3n) is 3.24. The highest BCUT2D eigenvalue weighted by atomic mass is 19.1. The highest BCUT2D eigenvalue weighted by molar-refractivity contribution is 5.69. The topological polar surface area (TPSA) is 52.8 Å². The lowest BCUT2D eigenvalue weighted by molar-refractivity contribution is 0.414. The first kappa shape index (κ1) is 13.2. The maximum Gasteiger partial charge on any atom is 0.139 e. The van der Waals surface area contributed by atoms with E-state index in [2.05, 4.69) is 15.2 Å². The van der Waals surface area contributed by atoms with E-state index in [1.807, 2.05) is 13.0 Å². The Morgan fingerprint density at radius 1 is 1.10 bits per heavy atom. The van der Waals surface area contributed by atoms with Crippen LogP contribution in [-0.4, -0.2) is 26.9 Å². The minimum atomic E-state index is -0.308. The fraction of sp³-hybridized carbons (Fsp3) is 0.133. The molecule has 0 aliphatic carbocycles. The van der Waals surface area contributed by atoms with Gasteiger partial charge in [0.1, 0.15) is 30.0 Å². The summed E-state index contributed by atoms with van der Waals surface area (Å²) in [4.78, 5) is 4.33. The van der Waals surface area contributed by atoms with Gasteiger partial charge >= 0.3 is 0 Å². The molecule has 3 aromatic rings. The van der Waals surface area contributed by atoms with Crippen molar-refractivity contribution >= 4 is 0 Å². The van der Waals surface area contributed by atoms with Crippen molar-refractivity contribution in [2.24, 2.45) is 0 Å². The summed E-state index contributed by atoms with van der Waals surface area (Å²) in [6, 6.07) is 6.50. The molecule has 6 heteroatoms. The van der Waals surface area contributed by atoms with Crippen LogP contribution in [0.5, 0.6) is 5.75 Å². The van der Waals surface area contributed by atoms with Gasteiger partial charge in [0, 0.05) is 17.3 Å². The molecule has 0 N–H and O–H groups in total. The predicted octanol–water partition coefficient (Wildman–Crippen LogP) is 2.79. The quantitative estimate of drug-likeness (QED) is 0.742. The Morgan fingerprint density at radius 3 is 2.52 bits per heavy atom. The van der Waals surface area contributed by atoms with E-state index in [1.165, 1.54) is 6.07 Å². The van der Waals surface area contributed by atoms with Crippen LogP contribution in [0.1, 0.15) is 5.56 Å². The molecule has 0 saturated heterocycles. The Kier molecular flexibility index (Phi) is 3.35. The molecular formula is C15H13FN4O. The summed E-state index contributed by atoms with van der Waals surface area (Å²) < 4.78 is 20.9. The molecule has 106 valence electrons. The minimum absolute atomic E-state index is 0.308. The van der Waals surface area contributed by atoms with Crippen molar-refractivity contribution in [1.29, 1.82) is 0 Å². The molecule has 1 aromatic carbocycles. The van der Waals surface area contributed by atoms with Crippen molar-refractivity contribution in [1.82, 2.24) is 19.7 Å². The smallest absolute Gasteiger partial charge is 0.139 e. The summed E-state index contributed by atoms with van der Waals surface area (Å²) in [5.41, 5.74) is 2.10. The number of aromatic nitrogens is 4. The Balaban J connectivity index is 2.08. The number of benzene rings is 1. The van der Waals surface area contributed by atoms with Crippen molar-refractivity contribution in [2.45, 2.75) is 6.92 Å². The van der Waals surface area contributed by atoms with Gasteiger partial charge < -0.3 is 4.74 Å². The second-order valence-corrected chi connectivity index (χ2v) is 4.57. The first-order valence-electron chi connectivity index (χ1n) is 6.34. The zero-order valence-electron chi connectivity index (χ0n) is 11.6. The fourth-order valence-electron chi connectivity index (χ4n) is 2.12. The molecule has 0 unspecified atom stereocenters. The monoisotopic (exact) mass is 284 g/mol. The molecule has 3 rings (SSSR count). The van der Waals surface area contributed by atoms with Crippen molar-refractivity contribution in [3.63, 3.8) is 0 Å². The Labute approximate surface area is 121 Å². The van der Waals surface area contributed by atoms with E-state index in [-0.39, 0.29) is 5.82 Å². The third-order valence-corrected chi connectivity index (χ3v) is 3.24. The number of hydrogen-bond acceptors (Lipinski definition) is 4. The van der Waals surface area contributed by atoms with Crippen LogP contribution in [0.15, 0.2) is 43.1 Å². The van der Waals surface area contributed by atoms with Crippen LogP contribution in [0.2, 0.25) is 0 Å². The van der Waals surface area contributed by atoms with Gasteiger partial charge in [0.25, 0.3) is 0 Å². The molecule has 0 atom stereocenters. The van der Waals surface area contributed by atoms with E-state index in [9.17, 15) is 4.39 Å². The zero-order chi connectivity index (χ0) is 14.8. The molecule has 5 nitrogen and oxygen atoms in total. The number of methoxy groups -OCH3 is 1. The zero-order valence-corrected chi connectivity index (χ0v) is 11.6. The van der Waals surface area contributed by atoms with E-state index in [0.29, 0.717) is 17.1 Å². The van der Waals surface area contributed by atoms with E-state index in [1.54, 1.807) is 42.7 Å². The van der Waals surface area contributed by atoms with Crippen LogP contribution in [0.4, 0.5) is 4.39 Å². The maximum atomic E-state index is 14.0. The van der Waals surface area contributed by atoms with E-state index < -0.39 is 0 Å². The molecule has 2 heterocycles. The lowest BCUT2D eigenvalue weighted by Crippen LogP contribution is -1.97. The van der Waals surface area contributed by atoms with Crippen molar-refractivity contribution in [2.75, 3.05) is 7.11 Å². The summed E-state index contributed by atoms with van der Waals surface area (Å²) >= 11 is 0. The van der Waals surface area contributed by atoms with Gasteiger partial charge in [0.2, 0.25) is 0 Å². The van der Waals surface area contributed by atoms with Crippen molar-refractivity contribution in [3.05, 3.63) is 54.5 Å². The van der Waals surface area contributed by atoms with Gasteiger partial charge in [-0.3, -0.25) is 4.57 Å². The SMILES string of the molecule is COc1ccc(F)c(-c2cnc(-n3cnnc3)cc2C)c1. The van der Waals surface area contributed by atoms with Gasteiger partial charge in [-0.2, -0.15) is 0 Å². The second kappa shape index (κ2) is 5.32. The largest absolute Gasteiger partial charge is 0.497 e. The Morgan fingerprint density at radius 2 is 1.86 bits per heavy atom. The lowest BCUT2D eigenvalue weighted by Gasteiger charge is -2.10. The Bertz CT molecular complexity index is 771. The molecule has 0 fully saturated rings. The van der Waals surface area contributed by atoms with E-state index in [0.717, 1.165) is 11.1 Å². The Hall–Kier alpha value is -2.76. The predicted molar refractivity (Wildman–Crippen MR) is 75.8 cm³/mol. The number of halogens is 1. The summed E-state index contributed by atoms with van der Waals surface area (Å²) in [6.07, 6.45) is 4.77. The summed E-state index contributed by atoms with van der Waals surface area (Å²) in [6.45, 7) is 1.91. The number of nitrogens with zero attached hydrogens (tertiary/aromatic N) is 4. The molecule has 21 heavy (non-hydrogen) atoms. The highest BCUT2D eigenvalue weighted by Gasteiger charge is 2.11. The summed E-state index contributed by atoms with van der Waals surface area (Å²) in [7, 11) is 1.55. The molecule has 0 radical (unpaired) electrons. The fourth-order valence-corrected chi connectivity index (χ4v) is 2.12. The van der Waals surface area contributed by atoms with Gasteiger partial charge in [-0.1, -0.05) is 0 Å². The normalized spacial score (nSPS) is 10.6. The second-order valence-electron chi connectivity index (χ2n) is 4.57. The molecule has 0 amide bonds. The van der Waals surface area contributed by atoms with Crippen LogP contribution in [0.25, 0.3) is 16.9 Å². The van der Waals surface area contributed by atoms with Gasteiger partial charge in [-0.05, 0) is 36.8 Å².